The number of morpholine rings is 1. The van der Waals surface area contributed by atoms with E-state index in [0.717, 1.165) is 48.9 Å². The van der Waals surface area contributed by atoms with Gasteiger partial charge in [0.1, 0.15) is 0 Å². The third kappa shape index (κ3) is 5.05. The van der Waals surface area contributed by atoms with Crippen molar-refractivity contribution < 1.29 is 9.53 Å². The molecule has 2 heterocycles. The number of amides is 1. The Bertz CT molecular complexity index is 1050. The maximum Gasteiger partial charge on any atom is 0.237 e. The number of carbonyl (C=O) groups excluding carboxylic acids is 1. The van der Waals surface area contributed by atoms with Crippen LogP contribution in [0.2, 0.25) is 0 Å². The molecular formula is C22H26N6O2S. The zero-order valence-corrected chi connectivity index (χ0v) is 18.7. The predicted molar refractivity (Wildman–Crippen MR) is 122 cm³/mol. The Balaban J connectivity index is 1.40. The Labute approximate surface area is 186 Å². The highest BCUT2D eigenvalue weighted by Gasteiger charge is 2.20. The SMILES string of the molecule is Cc1ccc(-n2nnnc2S[C@H](C)C(=O)Nc2ccc(N3CCOCC3)cc2)c(C)c1. The highest BCUT2D eigenvalue weighted by molar-refractivity contribution is 8.00. The summed E-state index contributed by atoms with van der Waals surface area (Å²) < 4.78 is 7.08. The summed E-state index contributed by atoms with van der Waals surface area (Å²) in [6.45, 7) is 9.18. The number of thioether (sulfide) groups is 1. The van der Waals surface area contributed by atoms with Crippen molar-refractivity contribution in [3.63, 3.8) is 0 Å². The number of benzene rings is 2. The number of hydrogen-bond acceptors (Lipinski definition) is 7. The van der Waals surface area contributed by atoms with Gasteiger partial charge in [0.25, 0.3) is 0 Å². The summed E-state index contributed by atoms with van der Waals surface area (Å²) in [7, 11) is 0. The van der Waals surface area contributed by atoms with Crippen molar-refractivity contribution in [2.45, 2.75) is 31.2 Å². The number of ether oxygens (including phenoxy) is 1. The van der Waals surface area contributed by atoms with E-state index < -0.39 is 0 Å². The summed E-state index contributed by atoms with van der Waals surface area (Å²) in [5.74, 6) is -0.0979. The average molecular weight is 439 g/mol. The van der Waals surface area contributed by atoms with Crippen molar-refractivity contribution in [3.8, 4) is 5.69 Å². The number of aryl methyl sites for hydroxylation is 2. The average Bonchev–Trinajstić information content (AvgIpc) is 3.22. The molecule has 2 aromatic carbocycles. The first-order valence-electron chi connectivity index (χ1n) is 10.3. The van der Waals surface area contributed by atoms with Gasteiger partial charge in [0, 0.05) is 24.5 Å². The number of anilines is 2. The molecule has 3 aromatic rings. The van der Waals surface area contributed by atoms with Crippen LogP contribution < -0.4 is 10.2 Å². The van der Waals surface area contributed by atoms with Crippen LogP contribution in [0.3, 0.4) is 0 Å². The Morgan fingerprint density at radius 3 is 2.58 bits per heavy atom. The third-order valence-corrected chi connectivity index (χ3v) is 6.22. The first kappa shape index (κ1) is 21.3. The van der Waals surface area contributed by atoms with E-state index in [0.29, 0.717) is 5.16 Å². The number of rotatable bonds is 6. The molecule has 1 aliphatic heterocycles. The monoisotopic (exact) mass is 438 g/mol. The van der Waals surface area contributed by atoms with Crippen LogP contribution in [0.4, 0.5) is 11.4 Å². The van der Waals surface area contributed by atoms with Gasteiger partial charge in [0.15, 0.2) is 0 Å². The molecular weight excluding hydrogens is 412 g/mol. The molecule has 9 heteroatoms. The van der Waals surface area contributed by atoms with Crippen molar-refractivity contribution in [2.75, 3.05) is 36.5 Å². The van der Waals surface area contributed by atoms with Crippen LogP contribution in [-0.2, 0) is 9.53 Å². The second-order valence-corrected chi connectivity index (χ2v) is 8.87. The highest BCUT2D eigenvalue weighted by Crippen LogP contribution is 2.26. The van der Waals surface area contributed by atoms with Gasteiger partial charge >= 0.3 is 0 Å². The van der Waals surface area contributed by atoms with Crippen molar-refractivity contribution in [3.05, 3.63) is 53.6 Å². The quantitative estimate of drug-likeness (QED) is 0.592. The molecule has 0 unspecified atom stereocenters. The van der Waals surface area contributed by atoms with Gasteiger partial charge in [-0.3, -0.25) is 4.79 Å². The molecule has 4 rings (SSSR count). The number of hydrogen-bond donors (Lipinski definition) is 1. The Hall–Kier alpha value is -2.91. The topological polar surface area (TPSA) is 85.2 Å². The number of nitrogens with one attached hydrogen (secondary N) is 1. The Morgan fingerprint density at radius 1 is 1.13 bits per heavy atom. The minimum Gasteiger partial charge on any atom is -0.378 e. The maximum atomic E-state index is 12.7. The number of tetrazole rings is 1. The smallest absolute Gasteiger partial charge is 0.237 e. The largest absolute Gasteiger partial charge is 0.378 e. The van der Waals surface area contributed by atoms with E-state index in [2.05, 4.69) is 31.8 Å². The number of nitrogens with zero attached hydrogens (tertiary/aromatic N) is 5. The Morgan fingerprint density at radius 2 is 1.87 bits per heavy atom. The fourth-order valence-electron chi connectivity index (χ4n) is 3.48. The predicted octanol–water partition coefficient (Wildman–Crippen LogP) is 3.24. The van der Waals surface area contributed by atoms with Gasteiger partial charge in [-0.2, -0.15) is 4.68 Å². The third-order valence-electron chi connectivity index (χ3n) is 5.18. The molecule has 0 aliphatic carbocycles. The number of carbonyl (C=O) groups is 1. The molecule has 162 valence electrons. The Kier molecular flexibility index (Phi) is 6.53. The van der Waals surface area contributed by atoms with Crippen LogP contribution in [0.5, 0.6) is 0 Å². The fraction of sp³-hybridized carbons (Fsp3) is 0.364. The van der Waals surface area contributed by atoms with Gasteiger partial charge in [-0.1, -0.05) is 29.5 Å². The molecule has 1 fully saturated rings. The van der Waals surface area contributed by atoms with E-state index in [4.69, 9.17) is 4.74 Å². The first-order valence-corrected chi connectivity index (χ1v) is 11.2. The van der Waals surface area contributed by atoms with Gasteiger partial charge in [0.2, 0.25) is 11.1 Å². The van der Waals surface area contributed by atoms with E-state index >= 15 is 0 Å². The number of aromatic nitrogens is 4. The minimum atomic E-state index is -0.366. The molecule has 1 N–H and O–H groups in total. The van der Waals surface area contributed by atoms with Gasteiger partial charge in [0.05, 0.1) is 24.2 Å². The van der Waals surface area contributed by atoms with E-state index in [1.54, 1.807) is 4.68 Å². The normalized spacial score (nSPS) is 15.0. The summed E-state index contributed by atoms with van der Waals surface area (Å²) in [5, 5.41) is 15.2. The minimum absolute atomic E-state index is 0.0979. The van der Waals surface area contributed by atoms with E-state index in [1.165, 1.54) is 17.3 Å². The van der Waals surface area contributed by atoms with Gasteiger partial charge in [-0.05, 0) is 67.1 Å². The second-order valence-electron chi connectivity index (χ2n) is 7.56. The zero-order chi connectivity index (χ0) is 21.8. The lowest BCUT2D eigenvalue weighted by Gasteiger charge is -2.28. The van der Waals surface area contributed by atoms with E-state index in [1.807, 2.05) is 57.2 Å². The summed E-state index contributed by atoms with van der Waals surface area (Å²) in [4.78, 5) is 15.0. The standard InChI is InChI=1S/C22H26N6O2S/c1-15-4-9-20(16(2)14-15)28-22(24-25-26-28)31-17(3)21(29)23-18-5-7-19(8-6-18)27-10-12-30-13-11-27/h4-9,14,17H,10-13H2,1-3H3,(H,23,29)/t17-/m1/s1. The second kappa shape index (κ2) is 9.49. The van der Waals surface area contributed by atoms with E-state index in [-0.39, 0.29) is 11.2 Å². The maximum absolute atomic E-state index is 12.7. The summed E-state index contributed by atoms with van der Waals surface area (Å²) >= 11 is 1.33. The van der Waals surface area contributed by atoms with Crippen LogP contribution in [0, 0.1) is 13.8 Å². The van der Waals surface area contributed by atoms with Crippen molar-refractivity contribution in [1.82, 2.24) is 20.2 Å². The van der Waals surface area contributed by atoms with Gasteiger partial charge < -0.3 is 15.0 Å². The molecule has 1 aliphatic rings. The molecule has 0 bridgehead atoms. The summed E-state index contributed by atoms with van der Waals surface area (Å²) in [6.07, 6.45) is 0. The fourth-order valence-corrected chi connectivity index (χ4v) is 4.28. The van der Waals surface area contributed by atoms with Crippen molar-refractivity contribution in [1.29, 1.82) is 0 Å². The van der Waals surface area contributed by atoms with Crippen molar-refractivity contribution in [2.24, 2.45) is 0 Å². The van der Waals surface area contributed by atoms with E-state index in [9.17, 15) is 4.79 Å². The van der Waals surface area contributed by atoms with Gasteiger partial charge in [-0.25, -0.2) is 0 Å². The highest BCUT2D eigenvalue weighted by atomic mass is 32.2. The lowest BCUT2D eigenvalue weighted by molar-refractivity contribution is -0.115. The van der Waals surface area contributed by atoms with Crippen molar-refractivity contribution >= 4 is 29.0 Å². The molecule has 31 heavy (non-hydrogen) atoms. The molecule has 1 aromatic heterocycles. The van der Waals surface area contributed by atoms with Crippen LogP contribution in [0.15, 0.2) is 47.6 Å². The van der Waals surface area contributed by atoms with Crippen LogP contribution in [0.25, 0.3) is 5.69 Å². The van der Waals surface area contributed by atoms with Crippen LogP contribution in [0.1, 0.15) is 18.1 Å². The summed E-state index contributed by atoms with van der Waals surface area (Å²) in [6, 6.07) is 14.0. The van der Waals surface area contributed by atoms with Gasteiger partial charge in [-0.15, -0.1) is 5.10 Å². The molecule has 1 amide bonds. The zero-order valence-electron chi connectivity index (χ0n) is 17.9. The van der Waals surface area contributed by atoms with Crippen LogP contribution >= 0.6 is 11.8 Å². The molecule has 8 nitrogen and oxygen atoms in total. The molecule has 1 saturated heterocycles. The molecule has 1 atom stereocenters. The lowest BCUT2D eigenvalue weighted by atomic mass is 10.1. The first-order chi connectivity index (χ1) is 15.0. The summed E-state index contributed by atoms with van der Waals surface area (Å²) in [5.41, 5.74) is 5.06. The molecule has 0 saturated carbocycles. The lowest BCUT2D eigenvalue weighted by Crippen LogP contribution is -2.36. The molecule has 0 spiro atoms. The van der Waals surface area contributed by atoms with Crippen LogP contribution in [-0.4, -0.2) is 57.7 Å². The molecule has 0 radical (unpaired) electrons.